The Kier molecular flexibility index (Phi) is 56.8. The van der Waals surface area contributed by atoms with E-state index in [1.54, 1.807) is 0 Å². The predicted molar refractivity (Wildman–Crippen MR) is 311 cm³/mol. The van der Waals surface area contributed by atoms with Gasteiger partial charge >= 0.3 is 17.9 Å². The first kappa shape index (κ1) is 68.3. The van der Waals surface area contributed by atoms with Crippen LogP contribution in [0.5, 0.6) is 0 Å². The van der Waals surface area contributed by atoms with Crippen molar-refractivity contribution in [1.82, 2.24) is 0 Å². The van der Waals surface area contributed by atoms with Crippen LogP contribution in [0, 0.1) is 0 Å². The van der Waals surface area contributed by atoms with E-state index in [-0.39, 0.29) is 37.5 Å². The van der Waals surface area contributed by atoms with Gasteiger partial charge in [0.25, 0.3) is 0 Å². The molecule has 6 nitrogen and oxygen atoms in total. The van der Waals surface area contributed by atoms with E-state index >= 15 is 0 Å². The van der Waals surface area contributed by atoms with Crippen molar-refractivity contribution in [2.75, 3.05) is 13.2 Å². The number of hydrogen-bond acceptors (Lipinski definition) is 6. The molecule has 0 aliphatic rings. The molecule has 0 saturated heterocycles. The van der Waals surface area contributed by atoms with Gasteiger partial charge in [0, 0.05) is 19.3 Å². The lowest BCUT2D eigenvalue weighted by molar-refractivity contribution is -0.166. The molecule has 0 heterocycles. The Balaban J connectivity index is 4.49. The van der Waals surface area contributed by atoms with Crippen LogP contribution in [0.2, 0.25) is 0 Å². The van der Waals surface area contributed by atoms with E-state index in [1.165, 1.54) is 148 Å². The molecule has 0 aromatic heterocycles. The summed E-state index contributed by atoms with van der Waals surface area (Å²) >= 11 is 0. The second-order valence-corrected chi connectivity index (χ2v) is 19.9. The van der Waals surface area contributed by atoms with Crippen LogP contribution in [0.4, 0.5) is 0 Å². The van der Waals surface area contributed by atoms with E-state index in [1.807, 2.05) is 6.08 Å². The van der Waals surface area contributed by atoms with Crippen molar-refractivity contribution in [3.05, 3.63) is 97.2 Å². The van der Waals surface area contributed by atoms with Gasteiger partial charge < -0.3 is 14.2 Å². The highest BCUT2D eigenvalue weighted by Crippen LogP contribution is 2.16. The van der Waals surface area contributed by atoms with Gasteiger partial charge in [-0.2, -0.15) is 0 Å². The molecule has 0 saturated carbocycles. The van der Waals surface area contributed by atoms with Crippen LogP contribution < -0.4 is 0 Å². The number of allylic oxidation sites excluding steroid dienone is 16. The molecule has 72 heavy (non-hydrogen) atoms. The molecule has 6 heteroatoms. The van der Waals surface area contributed by atoms with Crippen molar-refractivity contribution >= 4 is 17.9 Å². The summed E-state index contributed by atoms with van der Waals surface area (Å²) in [6, 6.07) is 0. The second-order valence-electron chi connectivity index (χ2n) is 19.9. The summed E-state index contributed by atoms with van der Waals surface area (Å²) in [7, 11) is 0. The van der Waals surface area contributed by atoms with E-state index in [9.17, 15) is 14.4 Å². The number of carbonyl (C=O) groups excluding carboxylic acids is 3. The maximum atomic E-state index is 12.9. The molecule has 412 valence electrons. The molecule has 1 atom stereocenters. The monoisotopic (exact) mass is 1000 g/mol. The topological polar surface area (TPSA) is 78.9 Å². The molecule has 0 aromatic carbocycles. The Labute approximate surface area is 445 Å². The van der Waals surface area contributed by atoms with Gasteiger partial charge in [-0.15, -0.1) is 0 Å². The number of esters is 3. The van der Waals surface area contributed by atoms with Crippen LogP contribution in [-0.2, 0) is 28.6 Å². The van der Waals surface area contributed by atoms with Crippen molar-refractivity contribution < 1.29 is 28.6 Å². The molecule has 0 N–H and O–H groups in total. The highest BCUT2D eigenvalue weighted by atomic mass is 16.6. The van der Waals surface area contributed by atoms with Gasteiger partial charge in [0.15, 0.2) is 6.10 Å². The number of rotatable bonds is 54. The zero-order valence-electron chi connectivity index (χ0n) is 47.2. The largest absolute Gasteiger partial charge is 0.462 e. The SMILES string of the molecule is CC/C=C\C/C=C\C/C=C\C/C=C\C/C=C\C/C=C\CCC(=O)OCC(COC(=O)CCCCCCCCC/C=C\C/C=C\CCCCC)OC(=O)CCCCCCCCCCCCCCCCCCCC. The first-order chi connectivity index (χ1) is 35.5. The third kappa shape index (κ3) is 57.2. The van der Waals surface area contributed by atoms with Gasteiger partial charge in [-0.1, -0.05) is 272 Å². The molecule has 0 fully saturated rings. The van der Waals surface area contributed by atoms with Crippen molar-refractivity contribution in [2.24, 2.45) is 0 Å². The maximum absolute atomic E-state index is 12.9. The lowest BCUT2D eigenvalue weighted by atomic mass is 10.0. The van der Waals surface area contributed by atoms with Gasteiger partial charge in [0.05, 0.1) is 0 Å². The summed E-state index contributed by atoms with van der Waals surface area (Å²) < 4.78 is 16.8. The average Bonchev–Trinajstić information content (AvgIpc) is 3.38. The van der Waals surface area contributed by atoms with Crippen LogP contribution >= 0.6 is 0 Å². The number of carbonyl (C=O) groups is 3. The van der Waals surface area contributed by atoms with Gasteiger partial charge in [0.2, 0.25) is 0 Å². The summed E-state index contributed by atoms with van der Waals surface area (Å²) in [4.78, 5) is 38.2. The summed E-state index contributed by atoms with van der Waals surface area (Å²) in [6.07, 6.45) is 79.8. The molecule has 0 radical (unpaired) electrons. The van der Waals surface area contributed by atoms with E-state index in [2.05, 4.69) is 112 Å². The van der Waals surface area contributed by atoms with E-state index in [4.69, 9.17) is 14.2 Å². The van der Waals surface area contributed by atoms with Crippen LogP contribution in [0.25, 0.3) is 0 Å². The minimum absolute atomic E-state index is 0.103. The number of hydrogen-bond donors (Lipinski definition) is 0. The standard InChI is InChI=1S/C66H112O6/c1-4-7-10-13-16-19-22-25-28-31-33-36-38-41-44-47-50-53-56-59-65(68)71-62-63(61-70-64(67)58-55-52-49-46-43-40-37-34-30-27-24-21-18-15-12-9-6-3)72-66(69)60-57-54-51-48-45-42-39-35-32-29-26-23-20-17-14-11-8-5-2/h7,10,16,18-19,21,25,27-28,30,33,36,41,44,50,53,63H,4-6,8-9,11-15,17,20,22-24,26,29,31-32,34-35,37-40,42-43,45-49,51-52,54-62H2,1-3H3/b10-7-,19-16-,21-18-,28-25-,30-27-,36-33-,44-41-,53-50-. The number of unbranched alkanes of at least 4 members (excludes halogenated alkanes) is 27. The van der Waals surface area contributed by atoms with E-state index in [0.717, 1.165) is 89.9 Å². The van der Waals surface area contributed by atoms with E-state index < -0.39 is 6.10 Å². The highest BCUT2D eigenvalue weighted by Gasteiger charge is 2.19. The summed E-state index contributed by atoms with van der Waals surface area (Å²) in [5.74, 6) is -0.989. The Morgan fingerprint density at radius 2 is 0.569 bits per heavy atom. The zero-order chi connectivity index (χ0) is 52.2. The normalized spacial score (nSPS) is 12.8. The van der Waals surface area contributed by atoms with E-state index in [0.29, 0.717) is 19.3 Å². The third-order valence-electron chi connectivity index (χ3n) is 12.8. The molecule has 0 bridgehead atoms. The average molecular weight is 1000 g/mol. The minimum Gasteiger partial charge on any atom is -0.462 e. The zero-order valence-corrected chi connectivity index (χ0v) is 47.2. The Morgan fingerprint density at radius 1 is 0.292 bits per heavy atom. The third-order valence-corrected chi connectivity index (χ3v) is 12.8. The highest BCUT2D eigenvalue weighted by molar-refractivity contribution is 5.71. The lowest BCUT2D eigenvalue weighted by Crippen LogP contribution is -2.30. The van der Waals surface area contributed by atoms with Crippen LogP contribution in [0.15, 0.2) is 97.2 Å². The quantitative estimate of drug-likeness (QED) is 0.0261. The predicted octanol–water partition coefficient (Wildman–Crippen LogP) is 20.5. The fourth-order valence-corrected chi connectivity index (χ4v) is 8.32. The molecular formula is C66H112O6. The first-order valence-corrected chi connectivity index (χ1v) is 30.2. The fraction of sp³-hybridized carbons (Fsp3) is 0.712. The molecular weight excluding hydrogens is 889 g/mol. The Morgan fingerprint density at radius 3 is 0.958 bits per heavy atom. The summed E-state index contributed by atoms with van der Waals surface area (Å²) in [5.41, 5.74) is 0. The van der Waals surface area contributed by atoms with Crippen molar-refractivity contribution in [3.63, 3.8) is 0 Å². The van der Waals surface area contributed by atoms with Gasteiger partial charge in [0.1, 0.15) is 13.2 Å². The van der Waals surface area contributed by atoms with Crippen molar-refractivity contribution in [1.29, 1.82) is 0 Å². The minimum atomic E-state index is -0.811. The van der Waals surface area contributed by atoms with Crippen LogP contribution in [0.1, 0.15) is 284 Å². The molecule has 1 unspecified atom stereocenters. The van der Waals surface area contributed by atoms with Gasteiger partial charge in [-0.05, 0) is 89.9 Å². The molecule has 0 aliphatic heterocycles. The summed E-state index contributed by atoms with van der Waals surface area (Å²) in [5, 5.41) is 0. The Bertz CT molecular complexity index is 1430. The van der Waals surface area contributed by atoms with Gasteiger partial charge in [-0.25, -0.2) is 0 Å². The molecule has 0 amide bonds. The van der Waals surface area contributed by atoms with Gasteiger partial charge in [-0.3, -0.25) is 14.4 Å². The second kappa shape index (κ2) is 59.9. The maximum Gasteiger partial charge on any atom is 0.306 e. The first-order valence-electron chi connectivity index (χ1n) is 30.2. The molecule has 0 aromatic rings. The van der Waals surface area contributed by atoms with Crippen molar-refractivity contribution in [2.45, 2.75) is 290 Å². The molecule has 0 rings (SSSR count). The molecule has 0 spiro atoms. The lowest BCUT2D eigenvalue weighted by Gasteiger charge is -2.18. The smallest absolute Gasteiger partial charge is 0.306 e. The number of ether oxygens (including phenoxy) is 3. The summed E-state index contributed by atoms with van der Waals surface area (Å²) in [6.45, 7) is 6.46. The van der Waals surface area contributed by atoms with Crippen LogP contribution in [0.3, 0.4) is 0 Å². The Hall–Kier alpha value is -3.67. The van der Waals surface area contributed by atoms with Crippen LogP contribution in [-0.4, -0.2) is 37.2 Å². The molecule has 0 aliphatic carbocycles. The fourth-order valence-electron chi connectivity index (χ4n) is 8.32. The van der Waals surface area contributed by atoms with Crippen molar-refractivity contribution in [3.8, 4) is 0 Å².